The lowest BCUT2D eigenvalue weighted by Gasteiger charge is -2.30. The number of ketones is 1. The maximum absolute atomic E-state index is 14.2. The Hall–Kier alpha value is -4.13. The Kier molecular flexibility index (Phi) is 7.64. The molecule has 1 aromatic heterocycles. The summed E-state index contributed by atoms with van der Waals surface area (Å²) in [6.45, 7) is 14.0. The highest BCUT2D eigenvalue weighted by atomic mass is 16.2. The number of hydrogen-bond donors (Lipinski definition) is 2. The van der Waals surface area contributed by atoms with Crippen LogP contribution in [-0.2, 0) is 19.8 Å². The zero-order chi connectivity index (χ0) is 29.4. The molecule has 1 aliphatic carbocycles. The number of Topliss-reactive ketones (excluding diaryl/α,β-unsaturated/α-hetero) is 1. The predicted octanol–water partition coefficient (Wildman–Crippen LogP) is 3.75. The fraction of sp³-hybridized carbons (Fsp3) is 0.516. The van der Waals surface area contributed by atoms with Gasteiger partial charge >= 0.3 is 6.17 Å². The lowest BCUT2D eigenvalue weighted by Crippen LogP contribution is -2.46. The molecule has 3 aliphatic rings. The number of hydrogen-bond acceptors (Lipinski definition) is 6. The Morgan fingerprint density at radius 1 is 1.22 bits per heavy atom. The molecule has 41 heavy (non-hydrogen) atoms. The molecule has 2 aromatic rings. The molecule has 2 N–H and O–H groups in total. The van der Waals surface area contributed by atoms with Crippen molar-refractivity contribution in [3.8, 4) is 0 Å². The number of fused-ring (bicyclic) bond motifs is 2. The van der Waals surface area contributed by atoms with Crippen LogP contribution in [0.3, 0.4) is 0 Å². The first-order valence-electron chi connectivity index (χ1n) is 14.2. The molecule has 2 aliphatic heterocycles. The van der Waals surface area contributed by atoms with Gasteiger partial charge in [-0.05, 0) is 35.8 Å². The molecule has 2 fully saturated rings. The fourth-order valence-corrected chi connectivity index (χ4v) is 6.17. The number of nitrogens with zero attached hydrogens (tertiary/aromatic N) is 4. The number of amides is 3. The monoisotopic (exact) mass is 556 g/mol. The van der Waals surface area contributed by atoms with E-state index in [9.17, 15) is 19.2 Å². The molecule has 3 amide bonds. The van der Waals surface area contributed by atoms with Crippen molar-refractivity contribution in [1.82, 2.24) is 20.2 Å². The summed E-state index contributed by atoms with van der Waals surface area (Å²) < 4.78 is 0. The first-order chi connectivity index (χ1) is 19.5. The van der Waals surface area contributed by atoms with Gasteiger partial charge in [0.1, 0.15) is 11.1 Å². The van der Waals surface area contributed by atoms with Gasteiger partial charge in [-0.25, -0.2) is 11.6 Å². The van der Waals surface area contributed by atoms with Crippen molar-refractivity contribution >= 4 is 29.2 Å². The second kappa shape index (κ2) is 11.0. The fourth-order valence-electron chi connectivity index (χ4n) is 6.17. The van der Waals surface area contributed by atoms with Crippen LogP contribution < -0.4 is 10.6 Å². The first-order valence-corrected chi connectivity index (χ1v) is 14.2. The van der Waals surface area contributed by atoms with Crippen LogP contribution in [0.15, 0.2) is 42.9 Å². The Labute approximate surface area is 240 Å². The number of rotatable bonds is 9. The van der Waals surface area contributed by atoms with Crippen LogP contribution in [0.2, 0.25) is 0 Å². The molecule has 0 bridgehead atoms. The minimum Gasteiger partial charge on any atom is -0.341 e. The smallest absolute Gasteiger partial charge is 0.302 e. The number of benzene rings is 1. The summed E-state index contributed by atoms with van der Waals surface area (Å²) in [5.41, 5.74) is 0.363. The zero-order valence-electron chi connectivity index (χ0n) is 23.7. The van der Waals surface area contributed by atoms with Gasteiger partial charge in [0.15, 0.2) is 5.78 Å². The van der Waals surface area contributed by atoms with E-state index in [1.807, 2.05) is 45.0 Å². The maximum atomic E-state index is 14.2. The number of aromatic nitrogens is 2. The third-order valence-corrected chi connectivity index (χ3v) is 8.30. The summed E-state index contributed by atoms with van der Waals surface area (Å²) in [4.78, 5) is 67.3. The quantitative estimate of drug-likeness (QED) is 0.453. The molecule has 0 radical (unpaired) electrons. The van der Waals surface area contributed by atoms with E-state index in [0.29, 0.717) is 24.4 Å². The molecule has 3 heterocycles. The van der Waals surface area contributed by atoms with Gasteiger partial charge in [0.25, 0.3) is 5.91 Å². The SMILES string of the molecule is [C-]#[N+][C@@H]1C[C@@]2(CN1C(=O)[C@@H](CC(=O)[C@H](CC1CC1)NC(=O)c1cnccn1)CC(C)(C)C)C(=O)Nc1ccccc12. The summed E-state index contributed by atoms with van der Waals surface area (Å²) in [6, 6.07) is 6.65. The van der Waals surface area contributed by atoms with Crippen LogP contribution in [0, 0.1) is 23.8 Å². The molecule has 214 valence electrons. The van der Waals surface area contributed by atoms with Crippen molar-refractivity contribution in [3.05, 3.63) is 65.5 Å². The number of carbonyl (C=O) groups excluding carboxylic acids is 4. The molecule has 1 saturated heterocycles. The van der Waals surface area contributed by atoms with Gasteiger partial charge in [-0.15, -0.1) is 0 Å². The van der Waals surface area contributed by atoms with Crippen molar-refractivity contribution < 1.29 is 19.2 Å². The van der Waals surface area contributed by atoms with Crippen molar-refractivity contribution in [2.45, 2.75) is 76.9 Å². The van der Waals surface area contributed by atoms with E-state index in [0.717, 1.165) is 18.4 Å². The van der Waals surface area contributed by atoms with Crippen LogP contribution in [0.4, 0.5) is 5.69 Å². The standard InChI is InChI=1S/C31H36N6O4/c1-30(2,3)15-20(14-25(38)23(13-19-9-10-19)35-27(39)24-17-33-11-12-34-24)28(40)37-18-31(16-26(37)32-4)21-7-5-6-8-22(21)36-29(31)41/h5-8,11-12,17,19-20,23,26H,9-10,13-16,18H2,1-3H3,(H,35,39)(H,36,41)/t20-,23-,26-,31-/m0/s1. The third kappa shape index (κ3) is 5.99. The van der Waals surface area contributed by atoms with Crippen molar-refractivity contribution in [3.63, 3.8) is 0 Å². The number of likely N-dealkylation sites (tertiary alicyclic amines) is 1. The summed E-state index contributed by atoms with van der Waals surface area (Å²) >= 11 is 0. The minimum absolute atomic E-state index is 0.0642. The normalized spacial score (nSPS) is 22.9. The molecule has 10 nitrogen and oxygen atoms in total. The number of carbonyl (C=O) groups is 4. The minimum atomic E-state index is -0.989. The van der Waals surface area contributed by atoms with Crippen molar-refractivity contribution in [2.75, 3.05) is 11.9 Å². The Balaban J connectivity index is 1.38. The second-order valence-corrected chi connectivity index (χ2v) is 12.8. The topological polar surface area (TPSA) is 126 Å². The van der Waals surface area contributed by atoms with Crippen molar-refractivity contribution in [2.24, 2.45) is 17.3 Å². The molecule has 5 rings (SSSR count). The molecule has 1 spiro atoms. The van der Waals surface area contributed by atoms with E-state index >= 15 is 0 Å². The first kappa shape index (κ1) is 28.4. The van der Waals surface area contributed by atoms with Gasteiger partial charge in [-0.2, -0.15) is 0 Å². The van der Waals surface area contributed by atoms with Crippen molar-refractivity contribution in [1.29, 1.82) is 0 Å². The number of para-hydroxylation sites is 1. The van der Waals surface area contributed by atoms with Crippen LogP contribution >= 0.6 is 0 Å². The summed E-state index contributed by atoms with van der Waals surface area (Å²) in [7, 11) is 0. The maximum Gasteiger partial charge on any atom is 0.302 e. The third-order valence-electron chi connectivity index (χ3n) is 8.30. The molecular formula is C31H36N6O4. The number of anilines is 1. The van der Waals surface area contributed by atoms with Crippen LogP contribution in [0.5, 0.6) is 0 Å². The average Bonchev–Trinajstić information content (AvgIpc) is 3.61. The van der Waals surface area contributed by atoms with Crippen LogP contribution in [0.1, 0.15) is 75.3 Å². The molecular weight excluding hydrogens is 520 g/mol. The highest BCUT2D eigenvalue weighted by Gasteiger charge is 2.59. The van der Waals surface area contributed by atoms with Crippen LogP contribution in [0.25, 0.3) is 4.85 Å². The molecule has 10 heteroatoms. The predicted molar refractivity (Wildman–Crippen MR) is 151 cm³/mol. The van der Waals surface area contributed by atoms with Gasteiger partial charge < -0.3 is 10.6 Å². The largest absolute Gasteiger partial charge is 0.341 e. The van der Waals surface area contributed by atoms with Gasteiger partial charge in [0, 0.05) is 37.0 Å². The summed E-state index contributed by atoms with van der Waals surface area (Å²) in [6.07, 6.45) is 6.51. The Morgan fingerprint density at radius 3 is 2.63 bits per heavy atom. The van der Waals surface area contributed by atoms with E-state index < -0.39 is 29.4 Å². The molecule has 1 aromatic carbocycles. The Bertz CT molecular complexity index is 1390. The second-order valence-electron chi connectivity index (χ2n) is 12.8. The average molecular weight is 557 g/mol. The van der Waals surface area contributed by atoms with E-state index in [1.165, 1.54) is 23.5 Å². The summed E-state index contributed by atoms with van der Waals surface area (Å²) in [5.74, 6) is -1.54. The summed E-state index contributed by atoms with van der Waals surface area (Å²) in [5, 5.41) is 5.76. The van der Waals surface area contributed by atoms with E-state index in [4.69, 9.17) is 6.57 Å². The van der Waals surface area contributed by atoms with Crippen LogP contribution in [-0.4, -0.2) is 57.1 Å². The lowest BCUT2D eigenvalue weighted by molar-refractivity contribution is -0.140. The molecule has 1 saturated carbocycles. The van der Waals surface area contributed by atoms with E-state index in [-0.39, 0.29) is 48.1 Å². The molecule has 4 atom stereocenters. The van der Waals surface area contributed by atoms with Gasteiger partial charge in [-0.3, -0.25) is 33.9 Å². The van der Waals surface area contributed by atoms with E-state index in [1.54, 1.807) is 0 Å². The van der Waals surface area contributed by atoms with E-state index in [2.05, 4.69) is 25.4 Å². The van der Waals surface area contributed by atoms with Gasteiger partial charge in [0.2, 0.25) is 11.8 Å². The van der Waals surface area contributed by atoms with Gasteiger partial charge in [0.05, 0.1) is 18.7 Å². The highest BCUT2D eigenvalue weighted by Crippen LogP contribution is 2.47. The molecule has 0 unspecified atom stereocenters. The van der Waals surface area contributed by atoms with Gasteiger partial charge in [-0.1, -0.05) is 51.8 Å². The Morgan fingerprint density at radius 2 is 1.98 bits per heavy atom. The lowest BCUT2D eigenvalue weighted by atomic mass is 9.80. The number of nitrogens with one attached hydrogen (secondary N) is 2. The highest BCUT2D eigenvalue weighted by molar-refractivity contribution is 6.07. The zero-order valence-corrected chi connectivity index (χ0v) is 23.7.